The number of unbranched alkanes of at least 4 members (excludes halogenated alkanes) is 1. The first kappa shape index (κ1) is 25.6. The summed E-state index contributed by atoms with van der Waals surface area (Å²) < 4.78 is 0. The number of rotatable bonds is 3. The van der Waals surface area contributed by atoms with Gasteiger partial charge in [-0.3, -0.25) is 11.1 Å². The molecule has 0 bridgehead atoms. The van der Waals surface area contributed by atoms with Gasteiger partial charge in [-0.15, -0.1) is 37.1 Å². The molecule has 10 radical (unpaired) electrons. The maximum Gasteiger partial charge on any atom is 4.00 e. The van der Waals surface area contributed by atoms with Crippen molar-refractivity contribution in [3.63, 3.8) is 0 Å². The molecule has 0 unspecified atom stereocenters. The molecule has 3 aliphatic rings. The molecule has 28 heavy (non-hydrogen) atoms. The summed E-state index contributed by atoms with van der Waals surface area (Å²) in [5.74, 6) is 0. The van der Waals surface area contributed by atoms with Crippen molar-refractivity contribution >= 4 is 0 Å². The number of hydrogen-bond acceptors (Lipinski definition) is 0. The molecule has 0 aromatic heterocycles. The Hall–Kier alpha value is -0.417. The fourth-order valence-corrected chi connectivity index (χ4v) is 2.85. The predicted molar refractivity (Wildman–Crippen MR) is 115 cm³/mol. The van der Waals surface area contributed by atoms with E-state index in [1.54, 1.807) is 0 Å². The smallest absolute Gasteiger partial charge is 0.323 e. The van der Waals surface area contributed by atoms with E-state index < -0.39 is 0 Å². The number of hydrogen-bond donors (Lipinski definition) is 0. The molecule has 1 heteroatoms. The van der Waals surface area contributed by atoms with Gasteiger partial charge in [0.05, 0.1) is 0 Å². The minimum Gasteiger partial charge on any atom is -0.323 e. The Bertz CT molecular complexity index is 507. The van der Waals surface area contributed by atoms with Gasteiger partial charge in [-0.1, -0.05) is 38.7 Å². The largest absolute Gasteiger partial charge is 4.00 e. The zero-order chi connectivity index (χ0) is 19.0. The van der Waals surface area contributed by atoms with Crippen LogP contribution in [0.1, 0.15) is 51.0 Å². The summed E-state index contributed by atoms with van der Waals surface area (Å²) >= 11 is 0. The Balaban J connectivity index is 0.000000290. The second kappa shape index (κ2) is 17.4. The van der Waals surface area contributed by atoms with E-state index in [1.165, 1.54) is 48.8 Å². The zero-order valence-electron chi connectivity index (χ0n) is 16.9. The van der Waals surface area contributed by atoms with Crippen LogP contribution < -0.4 is 0 Å². The SMILES string of the molecule is CCC[C-]=C1CCCCC1=[C-]c1ccccc1.[CH]1[CH][CH][CH][CH]1.[CH]1[CH][CH][CH][CH]1.[Zr+4]. The van der Waals surface area contributed by atoms with Gasteiger partial charge in [0.2, 0.25) is 0 Å². The molecule has 1 aromatic carbocycles. The standard InChI is InChI=1S/C17H20.2C5H5.Zr/c1-2-3-11-16-12-7-8-13-17(16)14-15-9-5-4-6-10-15;2*1-2-4-5-3-1;/h4-6,9-10H,2-3,7-8,12-13H2,1H3;2*1-5H;/q-2;;;+4. The minimum atomic E-state index is 0. The van der Waals surface area contributed by atoms with E-state index in [1.807, 2.05) is 64.2 Å². The molecule has 140 valence electrons. The maximum absolute atomic E-state index is 3.56. The van der Waals surface area contributed by atoms with Crippen molar-refractivity contribution in [3.05, 3.63) is 123 Å². The summed E-state index contributed by atoms with van der Waals surface area (Å²) in [4.78, 5) is 0. The zero-order valence-corrected chi connectivity index (χ0v) is 19.4. The summed E-state index contributed by atoms with van der Waals surface area (Å²) in [5, 5.41) is 0. The Labute approximate surface area is 194 Å². The van der Waals surface area contributed by atoms with Gasteiger partial charge >= 0.3 is 26.2 Å². The van der Waals surface area contributed by atoms with Crippen LogP contribution in [0.25, 0.3) is 0 Å². The Morgan fingerprint density at radius 3 is 1.61 bits per heavy atom. The van der Waals surface area contributed by atoms with Gasteiger partial charge in [0.15, 0.2) is 0 Å². The molecule has 1 aromatic rings. The third-order valence-electron chi connectivity index (χ3n) is 4.24. The van der Waals surface area contributed by atoms with E-state index in [9.17, 15) is 0 Å². The first-order valence-electron chi connectivity index (χ1n) is 10.0. The Kier molecular flexibility index (Phi) is 16.0. The summed E-state index contributed by atoms with van der Waals surface area (Å²) in [7, 11) is 0. The molecule has 0 atom stereocenters. The van der Waals surface area contributed by atoms with Crippen LogP contribution in [-0.4, -0.2) is 0 Å². The third kappa shape index (κ3) is 11.6. The van der Waals surface area contributed by atoms with Crippen LogP contribution in [0.3, 0.4) is 0 Å². The summed E-state index contributed by atoms with van der Waals surface area (Å²) in [6, 6.07) is 10.4. The average Bonchev–Trinajstić information content (AvgIpc) is 3.47. The van der Waals surface area contributed by atoms with Crippen molar-refractivity contribution in [1.82, 2.24) is 0 Å². The van der Waals surface area contributed by atoms with E-state index in [0.717, 1.165) is 6.42 Å². The minimum absolute atomic E-state index is 0. The normalized spacial score (nSPS) is 21.3. The Morgan fingerprint density at radius 2 is 1.14 bits per heavy atom. The molecule has 0 saturated heterocycles. The summed E-state index contributed by atoms with van der Waals surface area (Å²) in [6.45, 7) is 2.21. The number of allylic oxidation sites excluding steroid dienone is 3. The van der Waals surface area contributed by atoms with Crippen LogP contribution in [-0.2, 0) is 26.2 Å². The van der Waals surface area contributed by atoms with Gasteiger partial charge in [-0.25, -0.2) is 6.08 Å². The van der Waals surface area contributed by atoms with Crippen LogP contribution in [0.15, 0.2) is 41.5 Å². The molecule has 0 nitrogen and oxygen atoms in total. The van der Waals surface area contributed by atoms with Crippen molar-refractivity contribution in [2.75, 3.05) is 0 Å². The topological polar surface area (TPSA) is 0 Å². The Morgan fingerprint density at radius 1 is 0.679 bits per heavy atom. The van der Waals surface area contributed by atoms with Gasteiger partial charge < -0.3 is 6.08 Å². The van der Waals surface area contributed by atoms with Crippen LogP contribution in [0.5, 0.6) is 0 Å². The molecular weight excluding hydrogens is 416 g/mol. The molecule has 0 heterocycles. The van der Waals surface area contributed by atoms with Gasteiger partial charge in [-0.2, -0.15) is 5.56 Å². The monoisotopic (exact) mass is 444 g/mol. The van der Waals surface area contributed by atoms with E-state index in [4.69, 9.17) is 0 Å². The fourth-order valence-electron chi connectivity index (χ4n) is 2.85. The van der Waals surface area contributed by atoms with E-state index in [-0.39, 0.29) is 26.2 Å². The van der Waals surface area contributed by atoms with Crippen LogP contribution in [0.2, 0.25) is 0 Å². The first-order valence-corrected chi connectivity index (χ1v) is 10.0. The predicted octanol–water partition coefficient (Wildman–Crippen LogP) is 6.91. The molecule has 3 saturated carbocycles. The van der Waals surface area contributed by atoms with Crippen molar-refractivity contribution in [2.45, 2.75) is 45.4 Å². The maximum atomic E-state index is 3.56. The molecule has 3 fully saturated rings. The van der Waals surface area contributed by atoms with Crippen molar-refractivity contribution in [2.24, 2.45) is 0 Å². The summed E-state index contributed by atoms with van der Waals surface area (Å²) in [5.41, 5.74) is 4.00. The fraction of sp³-hybridized carbons (Fsp3) is 0.259. The summed E-state index contributed by atoms with van der Waals surface area (Å²) in [6.07, 6.45) is 34.3. The second-order valence-electron chi connectivity index (χ2n) is 6.51. The van der Waals surface area contributed by atoms with Crippen LogP contribution in [0, 0.1) is 76.4 Å². The second-order valence-corrected chi connectivity index (χ2v) is 6.51. The molecule has 3 aliphatic carbocycles. The van der Waals surface area contributed by atoms with Gasteiger partial charge in [-0.05, 0) is 64.2 Å². The molecule has 0 spiro atoms. The van der Waals surface area contributed by atoms with Gasteiger partial charge in [0.1, 0.15) is 0 Å². The van der Waals surface area contributed by atoms with Crippen LogP contribution in [0.4, 0.5) is 0 Å². The average molecular weight is 446 g/mol. The molecule has 0 N–H and O–H groups in total. The first-order chi connectivity index (χ1) is 13.4. The van der Waals surface area contributed by atoms with Gasteiger partial charge in [0.25, 0.3) is 0 Å². The van der Waals surface area contributed by atoms with E-state index in [2.05, 4.69) is 49.4 Å². The van der Waals surface area contributed by atoms with Crippen molar-refractivity contribution < 1.29 is 26.2 Å². The van der Waals surface area contributed by atoms with Crippen LogP contribution >= 0.6 is 0 Å². The van der Waals surface area contributed by atoms with Crippen molar-refractivity contribution in [3.8, 4) is 0 Å². The van der Waals surface area contributed by atoms with Gasteiger partial charge in [0, 0.05) is 0 Å². The molecular formula is C27H30Zr+2. The third-order valence-corrected chi connectivity index (χ3v) is 4.24. The molecule has 0 aliphatic heterocycles. The quantitative estimate of drug-likeness (QED) is 0.443. The van der Waals surface area contributed by atoms with Crippen molar-refractivity contribution in [1.29, 1.82) is 0 Å². The molecule has 4 rings (SSSR count). The molecule has 0 amide bonds. The van der Waals surface area contributed by atoms with E-state index >= 15 is 0 Å². The number of benzene rings is 1. The van der Waals surface area contributed by atoms with E-state index in [0.29, 0.717) is 0 Å².